The van der Waals surface area contributed by atoms with Gasteiger partial charge in [0.15, 0.2) is 0 Å². The summed E-state index contributed by atoms with van der Waals surface area (Å²) in [6.07, 6.45) is 0. The topological polar surface area (TPSA) is 32.5 Å². The van der Waals surface area contributed by atoms with E-state index in [1.54, 1.807) is 6.07 Å². The van der Waals surface area contributed by atoms with E-state index in [4.69, 9.17) is 28.9 Å². The third-order valence-electron chi connectivity index (χ3n) is 3.47. The first-order valence-electron chi connectivity index (χ1n) is 6.19. The molecule has 1 unspecified atom stereocenters. The van der Waals surface area contributed by atoms with Gasteiger partial charge in [0.2, 0.25) is 0 Å². The maximum Gasteiger partial charge on any atom is 0.0472 e. The number of benzene rings is 1. The summed E-state index contributed by atoms with van der Waals surface area (Å²) in [6.45, 7) is 4.79. The van der Waals surface area contributed by atoms with Crippen LogP contribution in [0.1, 0.15) is 11.6 Å². The summed E-state index contributed by atoms with van der Waals surface area (Å²) in [5.41, 5.74) is 7.04. The van der Waals surface area contributed by atoms with E-state index in [9.17, 15) is 0 Å². The second-order valence-electron chi connectivity index (χ2n) is 4.79. The molecule has 0 aliphatic carbocycles. The molecule has 2 N–H and O–H groups in total. The number of halogens is 2. The minimum absolute atomic E-state index is 0.204. The van der Waals surface area contributed by atoms with E-state index in [-0.39, 0.29) is 6.04 Å². The first-order valence-corrected chi connectivity index (χ1v) is 6.94. The first kappa shape index (κ1) is 14.1. The zero-order valence-corrected chi connectivity index (χ0v) is 12.1. The van der Waals surface area contributed by atoms with Crippen molar-refractivity contribution >= 4 is 23.2 Å². The van der Waals surface area contributed by atoms with Gasteiger partial charge in [0, 0.05) is 48.8 Å². The Morgan fingerprint density at radius 1 is 1.11 bits per heavy atom. The zero-order chi connectivity index (χ0) is 13.1. The molecule has 1 aliphatic heterocycles. The lowest BCUT2D eigenvalue weighted by Crippen LogP contribution is -2.47. The van der Waals surface area contributed by atoms with Gasteiger partial charge >= 0.3 is 0 Å². The second kappa shape index (κ2) is 6.22. The summed E-state index contributed by atoms with van der Waals surface area (Å²) in [5.74, 6) is 0. The van der Waals surface area contributed by atoms with Crippen molar-refractivity contribution in [3.8, 4) is 0 Å². The molecule has 18 heavy (non-hydrogen) atoms. The van der Waals surface area contributed by atoms with Crippen molar-refractivity contribution in [2.24, 2.45) is 5.73 Å². The SMILES string of the molecule is CN1CCN(C(CN)c2cc(Cl)cc(Cl)c2)CC1. The van der Waals surface area contributed by atoms with Crippen LogP contribution in [0.4, 0.5) is 0 Å². The maximum atomic E-state index is 6.06. The first-order chi connectivity index (χ1) is 8.60. The van der Waals surface area contributed by atoms with E-state index in [2.05, 4.69) is 16.8 Å². The molecule has 3 nitrogen and oxygen atoms in total. The molecular weight excluding hydrogens is 269 g/mol. The molecule has 1 heterocycles. The Bertz CT molecular complexity index is 383. The highest BCUT2D eigenvalue weighted by molar-refractivity contribution is 6.34. The molecule has 0 spiro atoms. The van der Waals surface area contributed by atoms with Gasteiger partial charge in [-0.2, -0.15) is 0 Å². The summed E-state index contributed by atoms with van der Waals surface area (Å²) in [4.78, 5) is 4.73. The number of likely N-dealkylation sites (N-methyl/N-ethyl adjacent to an activating group) is 1. The summed E-state index contributed by atoms with van der Waals surface area (Å²) in [6, 6.07) is 5.88. The van der Waals surface area contributed by atoms with Crippen LogP contribution in [0.15, 0.2) is 18.2 Å². The molecule has 1 atom stereocenters. The van der Waals surface area contributed by atoms with Crippen LogP contribution in [-0.4, -0.2) is 49.6 Å². The molecule has 1 fully saturated rings. The molecule has 0 radical (unpaired) electrons. The van der Waals surface area contributed by atoms with Crippen molar-refractivity contribution in [3.63, 3.8) is 0 Å². The standard InChI is InChI=1S/C13H19Cl2N3/c1-17-2-4-18(5-3-17)13(9-16)10-6-11(14)8-12(15)7-10/h6-8,13H,2-5,9,16H2,1H3. The van der Waals surface area contributed by atoms with Crippen molar-refractivity contribution in [1.82, 2.24) is 9.80 Å². The molecule has 2 rings (SSSR count). The van der Waals surface area contributed by atoms with E-state index >= 15 is 0 Å². The predicted molar refractivity (Wildman–Crippen MR) is 77.3 cm³/mol. The number of piperazine rings is 1. The third-order valence-corrected chi connectivity index (χ3v) is 3.91. The molecule has 0 amide bonds. The lowest BCUT2D eigenvalue weighted by molar-refractivity contribution is 0.114. The average molecular weight is 288 g/mol. The molecule has 1 aromatic rings. The third kappa shape index (κ3) is 3.37. The van der Waals surface area contributed by atoms with Crippen molar-refractivity contribution in [1.29, 1.82) is 0 Å². The van der Waals surface area contributed by atoms with E-state index in [1.807, 2.05) is 12.1 Å². The van der Waals surface area contributed by atoms with Crippen molar-refractivity contribution in [2.45, 2.75) is 6.04 Å². The highest BCUT2D eigenvalue weighted by Gasteiger charge is 2.23. The van der Waals surface area contributed by atoms with E-state index in [0.717, 1.165) is 31.7 Å². The predicted octanol–water partition coefficient (Wildman–Crippen LogP) is 2.24. The summed E-state index contributed by atoms with van der Waals surface area (Å²) >= 11 is 12.1. The summed E-state index contributed by atoms with van der Waals surface area (Å²) < 4.78 is 0. The Morgan fingerprint density at radius 2 is 1.67 bits per heavy atom. The van der Waals surface area contributed by atoms with Crippen molar-refractivity contribution < 1.29 is 0 Å². The van der Waals surface area contributed by atoms with Gasteiger partial charge in [-0.15, -0.1) is 0 Å². The highest BCUT2D eigenvalue weighted by atomic mass is 35.5. The van der Waals surface area contributed by atoms with Crippen LogP contribution in [-0.2, 0) is 0 Å². The Kier molecular flexibility index (Phi) is 4.87. The number of nitrogens with two attached hydrogens (primary N) is 1. The van der Waals surface area contributed by atoms with Crippen LogP contribution in [0.5, 0.6) is 0 Å². The largest absolute Gasteiger partial charge is 0.329 e. The Morgan fingerprint density at radius 3 is 2.17 bits per heavy atom. The summed E-state index contributed by atoms with van der Waals surface area (Å²) in [7, 11) is 2.14. The fourth-order valence-electron chi connectivity index (χ4n) is 2.40. The average Bonchev–Trinajstić information content (AvgIpc) is 2.31. The van der Waals surface area contributed by atoms with Crippen LogP contribution >= 0.6 is 23.2 Å². The molecule has 5 heteroatoms. The minimum Gasteiger partial charge on any atom is -0.329 e. The highest BCUT2D eigenvalue weighted by Crippen LogP contribution is 2.27. The van der Waals surface area contributed by atoms with Crippen LogP contribution in [0.3, 0.4) is 0 Å². The lowest BCUT2D eigenvalue weighted by atomic mass is 10.0. The van der Waals surface area contributed by atoms with Crippen molar-refractivity contribution in [3.05, 3.63) is 33.8 Å². The molecular formula is C13H19Cl2N3. The van der Waals surface area contributed by atoms with Gasteiger partial charge in [0.25, 0.3) is 0 Å². The second-order valence-corrected chi connectivity index (χ2v) is 5.67. The molecule has 0 saturated carbocycles. The van der Waals surface area contributed by atoms with Gasteiger partial charge < -0.3 is 10.6 Å². The number of hydrogen-bond acceptors (Lipinski definition) is 3. The van der Waals surface area contributed by atoms with Crippen LogP contribution in [0.25, 0.3) is 0 Å². The monoisotopic (exact) mass is 287 g/mol. The maximum absolute atomic E-state index is 6.06. The van der Waals surface area contributed by atoms with Gasteiger partial charge in [0.1, 0.15) is 0 Å². The van der Waals surface area contributed by atoms with Crippen molar-refractivity contribution in [2.75, 3.05) is 39.8 Å². The molecule has 0 bridgehead atoms. The van der Waals surface area contributed by atoms with Crippen LogP contribution in [0.2, 0.25) is 10.0 Å². The van der Waals surface area contributed by atoms with Gasteiger partial charge in [-0.1, -0.05) is 23.2 Å². The van der Waals surface area contributed by atoms with Gasteiger partial charge in [-0.25, -0.2) is 0 Å². The Labute approximate surface area is 118 Å². The number of nitrogens with zero attached hydrogens (tertiary/aromatic N) is 2. The molecule has 1 aromatic carbocycles. The Hall–Kier alpha value is -0.320. The van der Waals surface area contributed by atoms with E-state index in [1.165, 1.54) is 0 Å². The zero-order valence-electron chi connectivity index (χ0n) is 10.6. The van der Waals surface area contributed by atoms with Gasteiger partial charge in [-0.05, 0) is 30.8 Å². The normalized spacial score (nSPS) is 20.0. The Balaban J connectivity index is 2.17. The van der Waals surface area contributed by atoms with Gasteiger partial charge in [0.05, 0.1) is 0 Å². The van der Waals surface area contributed by atoms with Gasteiger partial charge in [-0.3, -0.25) is 4.90 Å². The molecule has 100 valence electrons. The summed E-state index contributed by atoms with van der Waals surface area (Å²) in [5, 5.41) is 1.34. The molecule has 1 aliphatic rings. The quantitative estimate of drug-likeness (QED) is 0.926. The van der Waals surface area contributed by atoms with E-state index < -0.39 is 0 Å². The van der Waals surface area contributed by atoms with Crippen LogP contribution in [0, 0.1) is 0 Å². The van der Waals surface area contributed by atoms with E-state index in [0.29, 0.717) is 16.6 Å². The minimum atomic E-state index is 0.204. The fourth-order valence-corrected chi connectivity index (χ4v) is 2.94. The number of hydrogen-bond donors (Lipinski definition) is 1. The fraction of sp³-hybridized carbons (Fsp3) is 0.538. The van der Waals surface area contributed by atoms with Crippen LogP contribution < -0.4 is 5.73 Å². The molecule has 1 saturated heterocycles. The lowest BCUT2D eigenvalue weighted by Gasteiger charge is -2.37. The number of rotatable bonds is 3. The molecule has 0 aromatic heterocycles. The smallest absolute Gasteiger partial charge is 0.0472 e.